The molecule has 5 nitrogen and oxygen atoms in total. The van der Waals surface area contributed by atoms with Crippen molar-refractivity contribution >= 4 is 11.7 Å². The zero-order chi connectivity index (χ0) is 12.0. The van der Waals surface area contributed by atoms with Crippen LogP contribution in [0.4, 0.5) is 5.82 Å². The molecule has 0 aromatic carbocycles. The van der Waals surface area contributed by atoms with Crippen LogP contribution in [-0.4, -0.2) is 36.1 Å². The normalized spacial score (nSPS) is 9.94. The Hall–Kier alpha value is -1.62. The van der Waals surface area contributed by atoms with E-state index in [9.17, 15) is 4.79 Å². The summed E-state index contributed by atoms with van der Waals surface area (Å²) >= 11 is 0. The minimum atomic E-state index is -0.0296. The van der Waals surface area contributed by atoms with Crippen molar-refractivity contribution in [2.75, 3.05) is 25.0 Å². The summed E-state index contributed by atoms with van der Waals surface area (Å²) in [4.78, 5) is 17.2. The third-order valence-electron chi connectivity index (χ3n) is 2.14. The molecule has 1 heterocycles. The number of carbonyl (C=O) groups is 1. The number of aromatic nitrogens is 1. The largest absolute Gasteiger partial charge is 0.392 e. The SMILES string of the molecule is CCNC(=O)CN(C)c1ccc(CO)cn1. The molecule has 0 atom stereocenters. The first-order valence-corrected chi connectivity index (χ1v) is 5.21. The van der Waals surface area contributed by atoms with E-state index in [2.05, 4.69) is 10.3 Å². The Morgan fingerprint density at radius 3 is 2.81 bits per heavy atom. The summed E-state index contributed by atoms with van der Waals surface area (Å²) in [6.07, 6.45) is 1.60. The molecule has 88 valence electrons. The van der Waals surface area contributed by atoms with Gasteiger partial charge in [-0.1, -0.05) is 6.07 Å². The average Bonchev–Trinajstić information content (AvgIpc) is 2.29. The second-order valence-electron chi connectivity index (χ2n) is 3.49. The van der Waals surface area contributed by atoms with Crippen LogP contribution in [0.2, 0.25) is 0 Å². The van der Waals surface area contributed by atoms with Crippen LogP contribution in [-0.2, 0) is 11.4 Å². The van der Waals surface area contributed by atoms with Crippen molar-refractivity contribution < 1.29 is 9.90 Å². The molecule has 0 saturated carbocycles. The summed E-state index contributed by atoms with van der Waals surface area (Å²) < 4.78 is 0. The van der Waals surface area contributed by atoms with Crippen LogP contribution in [0.15, 0.2) is 18.3 Å². The smallest absolute Gasteiger partial charge is 0.239 e. The summed E-state index contributed by atoms with van der Waals surface area (Å²) in [7, 11) is 1.80. The molecular formula is C11H17N3O2. The Kier molecular flexibility index (Phi) is 4.72. The molecule has 0 aliphatic carbocycles. The number of anilines is 1. The first-order chi connectivity index (χ1) is 7.67. The quantitative estimate of drug-likeness (QED) is 0.745. The second kappa shape index (κ2) is 6.07. The lowest BCUT2D eigenvalue weighted by Gasteiger charge is -2.17. The molecule has 1 aromatic rings. The molecule has 1 rings (SSSR count). The van der Waals surface area contributed by atoms with Gasteiger partial charge in [0.15, 0.2) is 0 Å². The summed E-state index contributed by atoms with van der Waals surface area (Å²) in [5.41, 5.74) is 0.759. The molecule has 1 aromatic heterocycles. The van der Waals surface area contributed by atoms with Gasteiger partial charge < -0.3 is 15.3 Å². The highest BCUT2D eigenvalue weighted by Crippen LogP contribution is 2.08. The number of rotatable bonds is 5. The van der Waals surface area contributed by atoms with Crippen molar-refractivity contribution in [2.24, 2.45) is 0 Å². The van der Waals surface area contributed by atoms with Crippen LogP contribution in [0.25, 0.3) is 0 Å². The lowest BCUT2D eigenvalue weighted by atomic mass is 10.3. The maximum Gasteiger partial charge on any atom is 0.239 e. The van der Waals surface area contributed by atoms with Crippen LogP contribution >= 0.6 is 0 Å². The third kappa shape index (κ3) is 3.51. The number of nitrogens with zero attached hydrogens (tertiary/aromatic N) is 2. The van der Waals surface area contributed by atoms with E-state index in [1.54, 1.807) is 30.3 Å². The summed E-state index contributed by atoms with van der Waals surface area (Å²) in [5.74, 6) is 0.682. The maximum atomic E-state index is 11.3. The highest BCUT2D eigenvalue weighted by molar-refractivity contribution is 5.80. The van der Waals surface area contributed by atoms with Crippen LogP contribution in [0.5, 0.6) is 0 Å². The van der Waals surface area contributed by atoms with Crippen molar-refractivity contribution in [3.8, 4) is 0 Å². The monoisotopic (exact) mass is 223 g/mol. The van der Waals surface area contributed by atoms with Crippen LogP contribution < -0.4 is 10.2 Å². The van der Waals surface area contributed by atoms with Crippen molar-refractivity contribution in [1.82, 2.24) is 10.3 Å². The van der Waals surface area contributed by atoms with Crippen molar-refractivity contribution in [2.45, 2.75) is 13.5 Å². The van der Waals surface area contributed by atoms with E-state index < -0.39 is 0 Å². The first kappa shape index (κ1) is 12.4. The van der Waals surface area contributed by atoms with Gasteiger partial charge >= 0.3 is 0 Å². The predicted octanol–water partition coefficient (Wildman–Crippen LogP) is 0.146. The topological polar surface area (TPSA) is 65.5 Å². The van der Waals surface area contributed by atoms with E-state index in [0.29, 0.717) is 12.4 Å². The molecule has 0 spiro atoms. The van der Waals surface area contributed by atoms with E-state index in [4.69, 9.17) is 5.11 Å². The molecule has 0 radical (unpaired) electrons. The second-order valence-corrected chi connectivity index (χ2v) is 3.49. The predicted molar refractivity (Wildman–Crippen MR) is 62.1 cm³/mol. The van der Waals surface area contributed by atoms with E-state index in [1.165, 1.54) is 0 Å². The van der Waals surface area contributed by atoms with Gasteiger partial charge in [0.2, 0.25) is 5.91 Å². The van der Waals surface area contributed by atoms with Gasteiger partial charge in [0.1, 0.15) is 5.82 Å². The van der Waals surface area contributed by atoms with Gasteiger partial charge in [-0.25, -0.2) is 4.98 Å². The highest BCUT2D eigenvalue weighted by Gasteiger charge is 2.07. The summed E-state index contributed by atoms with van der Waals surface area (Å²) in [6.45, 7) is 2.77. The van der Waals surface area contributed by atoms with Gasteiger partial charge in [-0.2, -0.15) is 0 Å². The Bertz CT molecular complexity index is 338. The lowest BCUT2D eigenvalue weighted by molar-refractivity contribution is -0.119. The number of amides is 1. The first-order valence-electron chi connectivity index (χ1n) is 5.21. The minimum Gasteiger partial charge on any atom is -0.392 e. The van der Waals surface area contributed by atoms with Crippen molar-refractivity contribution in [1.29, 1.82) is 0 Å². The standard InChI is InChI=1S/C11H17N3O2/c1-3-12-11(16)7-14(2)10-5-4-9(8-15)6-13-10/h4-6,15H,3,7-8H2,1-2H3,(H,12,16). The zero-order valence-corrected chi connectivity index (χ0v) is 9.60. The number of likely N-dealkylation sites (N-methyl/N-ethyl adjacent to an activating group) is 2. The number of aliphatic hydroxyl groups excluding tert-OH is 1. The Labute approximate surface area is 95.1 Å². The van der Waals surface area contributed by atoms with Crippen LogP contribution in [0, 0.1) is 0 Å². The third-order valence-corrected chi connectivity index (χ3v) is 2.14. The van der Waals surface area contributed by atoms with Crippen molar-refractivity contribution in [3.63, 3.8) is 0 Å². The zero-order valence-electron chi connectivity index (χ0n) is 9.60. The van der Waals surface area contributed by atoms with Crippen LogP contribution in [0.1, 0.15) is 12.5 Å². The van der Waals surface area contributed by atoms with Gasteiger partial charge in [-0.05, 0) is 18.6 Å². The molecule has 0 unspecified atom stereocenters. The number of pyridine rings is 1. The van der Waals surface area contributed by atoms with Gasteiger partial charge in [0.05, 0.1) is 13.2 Å². The van der Waals surface area contributed by atoms with Gasteiger partial charge in [0.25, 0.3) is 0 Å². The highest BCUT2D eigenvalue weighted by atomic mass is 16.3. The molecule has 0 bridgehead atoms. The van der Waals surface area contributed by atoms with E-state index >= 15 is 0 Å². The fourth-order valence-electron chi connectivity index (χ4n) is 1.29. The molecule has 0 fully saturated rings. The summed E-state index contributed by atoms with van der Waals surface area (Å²) in [6, 6.07) is 3.57. The molecule has 0 aliphatic rings. The number of aliphatic hydroxyl groups is 1. The molecule has 0 saturated heterocycles. The number of nitrogens with one attached hydrogen (secondary N) is 1. The van der Waals surface area contributed by atoms with Gasteiger partial charge in [-0.3, -0.25) is 4.79 Å². The lowest BCUT2D eigenvalue weighted by Crippen LogP contribution is -2.35. The fraction of sp³-hybridized carbons (Fsp3) is 0.455. The molecule has 5 heteroatoms. The molecule has 0 aliphatic heterocycles. The van der Waals surface area contributed by atoms with Crippen molar-refractivity contribution in [3.05, 3.63) is 23.9 Å². The molecule has 16 heavy (non-hydrogen) atoms. The number of hydrogen-bond donors (Lipinski definition) is 2. The van der Waals surface area contributed by atoms with Crippen LogP contribution in [0.3, 0.4) is 0 Å². The van der Waals surface area contributed by atoms with E-state index in [0.717, 1.165) is 5.56 Å². The number of hydrogen-bond acceptors (Lipinski definition) is 4. The molecule has 2 N–H and O–H groups in total. The Balaban J connectivity index is 2.58. The Morgan fingerprint density at radius 2 is 2.31 bits per heavy atom. The Morgan fingerprint density at radius 1 is 1.56 bits per heavy atom. The van der Waals surface area contributed by atoms with E-state index in [-0.39, 0.29) is 19.1 Å². The van der Waals surface area contributed by atoms with E-state index in [1.807, 2.05) is 6.92 Å². The molecular weight excluding hydrogens is 206 g/mol. The van der Waals surface area contributed by atoms with Gasteiger partial charge in [-0.15, -0.1) is 0 Å². The van der Waals surface area contributed by atoms with Gasteiger partial charge in [0, 0.05) is 19.8 Å². The molecule has 1 amide bonds. The minimum absolute atomic E-state index is 0.0205. The maximum absolute atomic E-state index is 11.3. The number of carbonyl (C=O) groups excluding carboxylic acids is 1. The fourth-order valence-corrected chi connectivity index (χ4v) is 1.29. The average molecular weight is 223 g/mol. The summed E-state index contributed by atoms with van der Waals surface area (Å²) in [5, 5.41) is 11.6.